The molecule has 1 saturated heterocycles. The fraction of sp³-hybridized carbons (Fsp3) is 0.350. The van der Waals surface area contributed by atoms with Crippen molar-refractivity contribution >= 4 is 28.7 Å². The summed E-state index contributed by atoms with van der Waals surface area (Å²) in [5.74, 6) is 1.09. The van der Waals surface area contributed by atoms with E-state index in [4.69, 9.17) is 4.74 Å². The lowest BCUT2D eigenvalue weighted by molar-refractivity contribution is -0.0106. The van der Waals surface area contributed by atoms with Crippen molar-refractivity contribution in [2.45, 2.75) is 31.3 Å². The third-order valence-electron chi connectivity index (χ3n) is 5.61. The molecule has 2 aliphatic heterocycles. The van der Waals surface area contributed by atoms with Crippen molar-refractivity contribution in [3.05, 3.63) is 53.6 Å². The number of benzene rings is 2. The molecule has 1 amide bonds. The van der Waals surface area contributed by atoms with E-state index in [1.165, 1.54) is 17.3 Å². The van der Waals surface area contributed by atoms with E-state index in [0.29, 0.717) is 5.56 Å². The lowest BCUT2D eigenvalue weighted by Gasteiger charge is -2.44. The van der Waals surface area contributed by atoms with Gasteiger partial charge in [0, 0.05) is 31.5 Å². The summed E-state index contributed by atoms with van der Waals surface area (Å²) in [5.41, 5.74) is 3.51. The van der Waals surface area contributed by atoms with E-state index in [0.717, 1.165) is 55.6 Å². The Labute approximate surface area is 155 Å². The summed E-state index contributed by atoms with van der Waals surface area (Å²) in [6, 6.07) is 13.9. The van der Waals surface area contributed by atoms with Gasteiger partial charge in [-0.1, -0.05) is 18.2 Å². The van der Waals surface area contributed by atoms with Gasteiger partial charge in [-0.3, -0.25) is 4.79 Å². The van der Waals surface area contributed by atoms with Crippen LogP contribution in [0.25, 0.3) is 11.0 Å². The Morgan fingerprint density at radius 1 is 1.04 bits per heavy atom. The molecule has 26 heavy (non-hydrogen) atoms. The SMILES string of the molecule is O=C(c1ccc2nsnc2c1)N1CCC2(CCc3ccccc3O2)CC1. The first-order chi connectivity index (χ1) is 12.7. The summed E-state index contributed by atoms with van der Waals surface area (Å²) in [7, 11) is 0. The molecule has 0 unspecified atom stereocenters. The zero-order chi connectivity index (χ0) is 17.6. The molecule has 2 aliphatic rings. The number of nitrogens with zero attached hydrogens (tertiary/aromatic N) is 3. The molecule has 6 heteroatoms. The lowest BCUT2D eigenvalue weighted by Crippen LogP contribution is -2.51. The topological polar surface area (TPSA) is 55.3 Å². The summed E-state index contributed by atoms with van der Waals surface area (Å²) in [5, 5.41) is 0. The summed E-state index contributed by atoms with van der Waals surface area (Å²) >= 11 is 1.18. The van der Waals surface area contributed by atoms with Crippen molar-refractivity contribution in [3.8, 4) is 5.75 Å². The summed E-state index contributed by atoms with van der Waals surface area (Å²) in [4.78, 5) is 14.8. The average molecular weight is 365 g/mol. The van der Waals surface area contributed by atoms with Crippen molar-refractivity contribution in [2.75, 3.05) is 13.1 Å². The number of carbonyl (C=O) groups excluding carboxylic acids is 1. The average Bonchev–Trinajstić information content (AvgIpc) is 3.16. The van der Waals surface area contributed by atoms with Crippen LogP contribution in [0.15, 0.2) is 42.5 Å². The minimum absolute atomic E-state index is 0.0750. The Morgan fingerprint density at radius 2 is 1.85 bits per heavy atom. The smallest absolute Gasteiger partial charge is 0.253 e. The molecule has 3 aromatic rings. The maximum atomic E-state index is 12.9. The minimum Gasteiger partial charge on any atom is -0.487 e. The van der Waals surface area contributed by atoms with Crippen LogP contribution < -0.4 is 4.74 Å². The van der Waals surface area contributed by atoms with Crippen molar-refractivity contribution in [3.63, 3.8) is 0 Å². The van der Waals surface area contributed by atoms with Crippen LogP contribution in [0.1, 0.15) is 35.2 Å². The number of aromatic nitrogens is 2. The molecule has 0 aliphatic carbocycles. The Bertz CT molecular complexity index is 976. The van der Waals surface area contributed by atoms with Gasteiger partial charge < -0.3 is 9.64 Å². The van der Waals surface area contributed by atoms with Gasteiger partial charge in [0.1, 0.15) is 22.4 Å². The van der Waals surface area contributed by atoms with Crippen molar-refractivity contribution in [1.82, 2.24) is 13.6 Å². The summed E-state index contributed by atoms with van der Waals surface area (Å²) < 4.78 is 14.8. The van der Waals surface area contributed by atoms with E-state index in [2.05, 4.69) is 26.9 Å². The molecule has 2 aromatic carbocycles. The van der Waals surface area contributed by atoms with Crippen LogP contribution in [-0.4, -0.2) is 38.2 Å². The summed E-state index contributed by atoms with van der Waals surface area (Å²) in [6.07, 6.45) is 3.85. The van der Waals surface area contributed by atoms with E-state index in [-0.39, 0.29) is 11.5 Å². The van der Waals surface area contributed by atoms with Crippen molar-refractivity contribution in [2.24, 2.45) is 0 Å². The molecule has 1 aromatic heterocycles. The highest BCUT2D eigenvalue weighted by Gasteiger charge is 2.40. The lowest BCUT2D eigenvalue weighted by atomic mass is 9.83. The number of para-hydroxylation sites is 1. The zero-order valence-electron chi connectivity index (χ0n) is 14.4. The Hall–Kier alpha value is -2.47. The van der Waals surface area contributed by atoms with Gasteiger partial charge in [-0.05, 0) is 42.7 Å². The maximum Gasteiger partial charge on any atom is 0.253 e. The number of likely N-dealkylation sites (tertiary alicyclic amines) is 1. The first-order valence-electron chi connectivity index (χ1n) is 9.01. The van der Waals surface area contributed by atoms with E-state index < -0.39 is 0 Å². The van der Waals surface area contributed by atoms with Crippen LogP contribution in [0.2, 0.25) is 0 Å². The number of ether oxygens (including phenoxy) is 1. The number of piperidine rings is 1. The van der Waals surface area contributed by atoms with Gasteiger partial charge in [0.2, 0.25) is 0 Å². The maximum absolute atomic E-state index is 12.9. The highest BCUT2D eigenvalue weighted by Crippen LogP contribution is 2.39. The second-order valence-corrected chi connectivity index (χ2v) is 7.68. The molecule has 132 valence electrons. The van der Waals surface area contributed by atoms with Crippen molar-refractivity contribution < 1.29 is 9.53 Å². The van der Waals surface area contributed by atoms with Gasteiger partial charge >= 0.3 is 0 Å². The van der Waals surface area contributed by atoms with Gasteiger partial charge in [0.25, 0.3) is 5.91 Å². The Balaban J connectivity index is 1.30. The van der Waals surface area contributed by atoms with Crippen LogP contribution >= 0.6 is 11.7 Å². The van der Waals surface area contributed by atoms with Gasteiger partial charge in [-0.15, -0.1) is 0 Å². The number of carbonyl (C=O) groups is 1. The van der Waals surface area contributed by atoms with Gasteiger partial charge in [-0.25, -0.2) is 0 Å². The van der Waals surface area contributed by atoms with E-state index >= 15 is 0 Å². The molecule has 0 atom stereocenters. The van der Waals surface area contributed by atoms with Gasteiger partial charge in [0.15, 0.2) is 0 Å². The van der Waals surface area contributed by atoms with Crippen molar-refractivity contribution in [1.29, 1.82) is 0 Å². The zero-order valence-corrected chi connectivity index (χ0v) is 15.2. The molecule has 0 bridgehead atoms. The highest BCUT2D eigenvalue weighted by molar-refractivity contribution is 7.00. The first kappa shape index (κ1) is 15.8. The fourth-order valence-corrected chi connectivity index (χ4v) is 4.54. The molecule has 5 nitrogen and oxygen atoms in total. The van der Waals surface area contributed by atoms with Crippen LogP contribution in [0.5, 0.6) is 5.75 Å². The van der Waals surface area contributed by atoms with Crippen LogP contribution in [0.3, 0.4) is 0 Å². The second-order valence-electron chi connectivity index (χ2n) is 7.15. The molecule has 0 saturated carbocycles. The molecule has 0 N–H and O–H groups in total. The fourth-order valence-electron chi connectivity index (χ4n) is 4.02. The van der Waals surface area contributed by atoms with Gasteiger partial charge in [0.05, 0.1) is 11.7 Å². The molecule has 3 heterocycles. The highest BCUT2D eigenvalue weighted by atomic mass is 32.1. The number of hydrogen-bond donors (Lipinski definition) is 0. The van der Waals surface area contributed by atoms with Crippen LogP contribution in [0, 0.1) is 0 Å². The van der Waals surface area contributed by atoms with Crippen LogP contribution in [0.4, 0.5) is 0 Å². The number of aryl methyl sites for hydroxylation is 1. The summed E-state index contributed by atoms with van der Waals surface area (Å²) in [6.45, 7) is 1.46. The normalized spacial score (nSPS) is 18.5. The standard InChI is InChI=1S/C20H19N3O2S/c24-19(15-5-6-16-17(13-15)22-26-21-16)23-11-9-20(10-12-23)8-7-14-3-1-2-4-18(14)25-20/h1-6,13H,7-12H2. The number of amides is 1. The third kappa shape index (κ3) is 2.65. The number of fused-ring (bicyclic) bond motifs is 2. The first-order valence-corrected chi connectivity index (χ1v) is 9.74. The predicted octanol–water partition coefficient (Wildman–Crippen LogP) is 3.69. The molecule has 1 spiro atoms. The van der Waals surface area contributed by atoms with E-state index in [9.17, 15) is 4.79 Å². The molecule has 5 rings (SSSR count). The third-order valence-corrected chi connectivity index (χ3v) is 6.17. The molecular formula is C20H19N3O2S. The quantitative estimate of drug-likeness (QED) is 0.660. The predicted molar refractivity (Wildman–Crippen MR) is 101 cm³/mol. The Kier molecular flexibility index (Phi) is 3.67. The van der Waals surface area contributed by atoms with Gasteiger partial charge in [-0.2, -0.15) is 8.75 Å². The molecule has 1 fully saturated rings. The molecule has 0 radical (unpaired) electrons. The van der Waals surface area contributed by atoms with E-state index in [1.54, 1.807) is 0 Å². The minimum atomic E-state index is -0.117. The van der Waals surface area contributed by atoms with E-state index in [1.807, 2.05) is 29.2 Å². The number of hydrogen-bond acceptors (Lipinski definition) is 5. The van der Waals surface area contributed by atoms with Crippen LogP contribution in [-0.2, 0) is 6.42 Å². The monoisotopic (exact) mass is 365 g/mol. The number of rotatable bonds is 1. The molecular weight excluding hydrogens is 346 g/mol. The second kappa shape index (κ2) is 6.06. The Morgan fingerprint density at radius 3 is 2.73 bits per heavy atom. The largest absolute Gasteiger partial charge is 0.487 e.